The molecule has 1 saturated heterocycles. The summed E-state index contributed by atoms with van der Waals surface area (Å²) in [7, 11) is 1.52. The quantitative estimate of drug-likeness (QED) is 0.859. The smallest absolute Gasteiger partial charge is 0.360 e. The van der Waals surface area contributed by atoms with Gasteiger partial charge in [0.15, 0.2) is 0 Å². The lowest BCUT2D eigenvalue weighted by atomic mass is 10.1. The standard InChI is InChI=1S/C11H16N2O4/c1-16-7-8-12-9(11(14)15)10(17-8)13-5-3-2-4-6-13/h2-7H2,1H3,(H,14,15). The summed E-state index contributed by atoms with van der Waals surface area (Å²) in [5.74, 6) is -0.383. The Hall–Kier alpha value is -1.56. The van der Waals surface area contributed by atoms with Crippen molar-refractivity contribution in [3.8, 4) is 0 Å². The number of aromatic nitrogens is 1. The molecule has 6 heteroatoms. The van der Waals surface area contributed by atoms with Crippen LogP contribution in [-0.4, -0.2) is 36.3 Å². The van der Waals surface area contributed by atoms with Crippen molar-refractivity contribution in [3.05, 3.63) is 11.6 Å². The molecule has 0 radical (unpaired) electrons. The van der Waals surface area contributed by atoms with Crippen molar-refractivity contribution in [3.63, 3.8) is 0 Å². The fourth-order valence-corrected chi connectivity index (χ4v) is 1.99. The molecule has 94 valence electrons. The van der Waals surface area contributed by atoms with E-state index in [1.807, 2.05) is 4.90 Å². The molecule has 0 saturated carbocycles. The minimum absolute atomic E-state index is 0.0149. The third-order valence-corrected chi connectivity index (χ3v) is 2.77. The zero-order chi connectivity index (χ0) is 12.3. The summed E-state index contributed by atoms with van der Waals surface area (Å²) in [6.07, 6.45) is 3.29. The van der Waals surface area contributed by atoms with Crippen molar-refractivity contribution in [2.24, 2.45) is 0 Å². The Bertz CT molecular complexity index is 396. The molecule has 1 aromatic heterocycles. The van der Waals surface area contributed by atoms with Crippen LogP contribution in [0.5, 0.6) is 0 Å². The van der Waals surface area contributed by atoms with Crippen molar-refractivity contribution in [1.82, 2.24) is 4.98 Å². The molecule has 0 bridgehead atoms. The molecule has 0 unspecified atom stereocenters. The number of rotatable bonds is 4. The number of oxazole rings is 1. The molecule has 0 spiro atoms. The molecule has 0 aliphatic carbocycles. The maximum absolute atomic E-state index is 11.1. The molecule has 17 heavy (non-hydrogen) atoms. The number of hydrogen-bond acceptors (Lipinski definition) is 5. The largest absolute Gasteiger partial charge is 0.476 e. The van der Waals surface area contributed by atoms with Crippen LogP contribution in [0.2, 0.25) is 0 Å². The van der Waals surface area contributed by atoms with Crippen LogP contribution < -0.4 is 4.90 Å². The van der Waals surface area contributed by atoms with E-state index in [2.05, 4.69) is 4.98 Å². The lowest BCUT2D eigenvalue weighted by molar-refractivity contribution is 0.0691. The molecular formula is C11H16N2O4. The second kappa shape index (κ2) is 5.18. The number of anilines is 1. The second-order valence-electron chi connectivity index (χ2n) is 4.05. The Kier molecular flexibility index (Phi) is 3.63. The van der Waals surface area contributed by atoms with E-state index in [0.717, 1.165) is 25.9 Å². The van der Waals surface area contributed by atoms with Gasteiger partial charge >= 0.3 is 5.97 Å². The molecule has 0 aromatic carbocycles. The van der Waals surface area contributed by atoms with E-state index in [4.69, 9.17) is 14.3 Å². The fraction of sp³-hybridized carbons (Fsp3) is 0.636. The lowest BCUT2D eigenvalue weighted by Crippen LogP contribution is -2.30. The third kappa shape index (κ3) is 2.58. The zero-order valence-corrected chi connectivity index (χ0v) is 9.81. The van der Waals surface area contributed by atoms with Crippen LogP contribution in [0.1, 0.15) is 35.6 Å². The number of nitrogens with zero attached hydrogens (tertiary/aromatic N) is 2. The first-order valence-electron chi connectivity index (χ1n) is 5.69. The summed E-state index contributed by atoms with van der Waals surface area (Å²) in [4.78, 5) is 17.0. The highest BCUT2D eigenvalue weighted by Crippen LogP contribution is 2.25. The van der Waals surface area contributed by atoms with Gasteiger partial charge in [0, 0.05) is 20.2 Å². The van der Waals surface area contributed by atoms with Gasteiger partial charge in [0.1, 0.15) is 6.61 Å². The van der Waals surface area contributed by atoms with Gasteiger partial charge in [0.2, 0.25) is 17.5 Å². The summed E-state index contributed by atoms with van der Waals surface area (Å²) in [6.45, 7) is 1.83. The number of hydrogen-bond donors (Lipinski definition) is 1. The van der Waals surface area contributed by atoms with E-state index in [-0.39, 0.29) is 12.3 Å². The third-order valence-electron chi connectivity index (χ3n) is 2.77. The molecule has 0 amide bonds. The van der Waals surface area contributed by atoms with Crippen molar-refractivity contribution >= 4 is 11.9 Å². The number of piperidine rings is 1. The number of ether oxygens (including phenoxy) is 1. The first-order chi connectivity index (χ1) is 8.22. The highest BCUT2D eigenvalue weighted by Gasteiger charge is 2.25. The van der Waals surface area contributed by atoms with Gasteiger partial charge in [-0.15, -0.1) is 0 Å². The highest BCUT2D eigenvalue weighted by atomic mass is 16.5. The minimum atomic E-state index is -1.06. The summed E-state index contributed by atoms with van der Waals surface area (Å²) in [6, 6.07) is 0. The average Bonchev–Trinajstić information content (AvgIpc) is 2.75. The molecule has 1 aliphatic rings. The van der Waals surface area contributed by atoms with Gasteiger partial charge in [-0.25, -0.2) is 9.78 Å². The Balaban J connectivity index is 2.26. The topological polar surface area (TPSA) is 75.8 Å². The van der Waals surface area contributed by atoms with Crippen molar-refractivity contribution in [2.75, 3.05) is 25.1 Å². The van der Waals surface area contributed by atoms with Gasteiger partial charge in [-0.1, -0.05) is 0 Å². The molecule has 0 atom stereocenters. The van der Waals surface area contributed by atoms with E-state index >= 15 is 0 Å². The zero-order valence-electron chi connectivity index (χ0n) is 9.81. The van der Waals surface area contributed by atoms with Crippen molar-refractivity contribution in [1.29, 1.82) is 0 Å². The predicted octanol–water partition coefficient (Wildman–Crippen LogP) is 1.51. The molecule has 1 fully saturated rings. The van der Waals surface area contributed by atoms with Gasteiger partial charge in [-0.3, -0.25) is 0 Å². The van der Waals surface area contributed by atoms with Crippen LogP contribution in [0.3, 0.4) is 0 Å². The molecule has 6 nitrogen and oxygen atoms in total. The Labute approximate surface area is 99.2 Å². The van der Waals surface area contributed by atoms with Crippen LogP contribution in [-0.2, 0) is 11.3 Å². The Morgan fingerprint density at radius 1 is 1.47 bits per heavy atom. The molecule has 2 heterocycles. The van der Waals surface area contributed by atoms with Crippen LogP contribution in [0.25, 0.3) is 0 Å². The number of carboxylic acid groups (broad SMARTS) is 1. The van der Waals surface area contributed by atoms with Crippen molar-refractivity contribution in [2.45, 2.75) is 25.9 Å². The normalized spacial score (nSPS) is 16.2. The predicted molar refractivity (Wildman–Crippen MR) is 60.2 cm³/mol. The number of methoxy groups -OCH3 is 1. The molecule has 1 aliphatic heterocycles. The summed E-state index contributed by atoms with van der Waals surface area (Å²) in [5.41, 5.74) is -0.0149. The molecule has 2 rings (SSSR count). The molecule has 1 N–H and O–H groups in total. The highest BCUT2D eigenvalue weighted by molar-refractivity contribution is 5.90. The van der Waals surface area contributed by atoms with Crippen LogP contribution in [0, 0.1) is 0 Å². The summed E-state index contributed by atoms with van der Waals surface area (Å²) < 4.78 is 10.4. The van der Waals surface area contributed by atoms with Crippen molar-refractivity contribution < 1.29 is 19.1 Å². The van der Waals surface area contributed by atoms with Crippen LogP contribution >= 0.6 is 0 Å². The van der Waals surface area contributed by atoms with Gasteiger partial charge in [0.25, 0.3) is 0 Å². The fourth-order valence-electron chi connectivity index (χ4n) is 1.99. The molecule has 1 aromatic rings. The van der Waals surface area contributed by atoms with Gasteiger partial charge < -0.3 is 19.2 Å². The first kappa shape index (κ1) is 11.9. The second-order valence-corrected chi connectivity index (χ2v) is 4.05. The number of carboxylic acids is 1. The van der Waals surface area contributed by atoms with E-state index < -0.39 is 5.97 Å². The SMILES string of the molecule is COCc1nc(C(=O)O)c(N2CCCCC2)o1. The minimum Gasteiger partial charge on any atom is -0.476 e. The average molecular weight is 240 g/mol. The van der Waals surface area contributed by atoms with Crippen LogP contribution in [0.4, 0.5) is 5.88 Å². The Morgan fingerprint density at radius 2 is 2.18 bits per heavy atom. The van der Waals surface area contributed by atoms with Crippen LogP contribution in [0.15, 0.2) is 4.42 Å². The monoisotopic (exact) mass is 240 g/mol. The van der Waals surface area contributed by atoms with E-state index in [1.54, 1.807) is 0 Å². The number of carbonyl (C=O) groups is 1. The van der Waals surface area contributed by atoms with E-state index in [0.29, 0.717) is 11.8 Å². The Morgan fingerprint density at radius 3 is 2.76 bits per heavy atom. The number of aromatic carboxylic acids is 1. The lowest BCUT2D eigenvalue weighted by Gasteiger charge is -2.26. The van der Waals surface area contributed by atoms with E-state index in [9.17, 15) is 4.79 Å². The summed E-state index contributed by atoms with van der Waals surface area (Å²) in [5, 5.41) is 9.09. The molecular weight excluding hydrogens is 224 g/mol. The van der Waals surface area contributed by atoms with Gasteiger partial charge in [0.05, 0.1) is 0 Å². The van der Waals surface area contributed by atoms with Gasteiger partial charge in [-0.2, -0.15) is 0 Å². The van der Waals surface area contributed by atoms with Gasteiger partial charge in [-0.05, 0) is 19.3 Å². The maximum Gasteiger partial charge on any atom is 0.360 e. The van der Waals surface area contributed by atoms with E-state index in [1.165, 1.54) is 13.5 Å². The maximum atomic E-state index is 11.1. The summed E-state index contributed by atoms with van der Waals surface area (Å²) >= 11 is 0. The first-order valence-corrected chi connectivity index (χ1v) is 5.69.